The molecule has 1 atom stereocenters. The summed E-state index contributed by atoms with van der Waals surface area (Å²) in [6.07, 6.45) is 7.18. The Hall–Kier alpha value is -1.99. The highest BCUT2D eigenvalue weighted by molar-refractivity contribution is 5.99. The molecule has 4 heterocycles. The molecule has 7 heteroatoms. The van der Waals surface area contributed by atoms with E-state index < -0.39 is 0 Å². The van der Waals surface area contributed by atoms with Crippen LogP contribution in [0.3, 0.4) is 0 Å². The number of nitrogens with zero attached hydrogens (tertiary/aromatic N) is 5. The number of amides is 1. The summed E-state index contributed by atoms with van der Waals surface area (Å²) < 4.78 is 1.77. The molecular formula is C17H23N5O2. The second kappa shape index (κ2) is 6.49. The highest BCUT2D eigenvalue weighted by Crippen LogP contribution is 2.22. The van der Waals surface area contributed by atoms with E-state index in [4.69, 9.17) is 0 Å². The summed E-state index contributed by atoms with van der Waals surface area (Å²) in [5.74, 6) is 0.0331. The van der Waals surface area contributed by atoms with Crippen LogP contribution in [0.5, 0.6) is 0 Å². The highest BCUT2D eigenvalue weighted by atomic mass is 16.3. The second-order valence-corrected chi connectivity index (χ2v) is 6.80. The summed E-state index contributed by atoms with van der Waals surface area (Å²) in [5, 5.41) is 17.8. The molecule has 1 amide bonds. The lowest BCUT2D eigenvalue weighted by Gasteiger charge is -2.41. The van der Waals surface area contributed by atoms with Gasteiger partial charge in [-0.1, -0.05) is 0 Å². The van der Waals surface area contributed by atoms with Crippen molar-refractivity contribution in [3.05, 3.63) is 30.2 Å². The van der Waals surface area contributed by atoms with Crippen LogP contribution < -0.4 is 0 Å². The van der Waals surface area contributed by atoms with Crippen LogP contribution in [-0.2, 0) is 0 Å². The van der Waals surface area contributed by atoms with Crippen molar-refractivity contribution in [3.8, 4) is 0 Å². The SMILES string of the molecule is O=C(c1cccn2cnnc12)N1CCC(N2CCCC(O)C2)CC1. The van der Waals surface area contributed by atoms with Crippen molar-refractivity contribution in [1.82, 2.24) is 24.4 Å². The Labute approximate surface area is 140 Å². The molecule has 2 aromatic heterocycles. The lowest BCUT2D eigenvalue weighted by Crippen LogP contribution is -2.50. The smallest absolute Gasteiger partial charge is 0.257 e. The minimum absolute atomic E-state index is 0.0331. The van der Waals surface area contributed by atoms with E-state index in [0.717, 1.165) is 51.9 Å². The molecule has 2 saturated heterocycles. The zero-order valence-electron chi connectivity index (χ0n) is 13.7. The number of piperidine rings is 2. The normalized spacial score (nSPS) is 23.7. The number of hydrogen-bond acceptors (Lipinski definition) is 5. The molecule has 4 rings (SSSR count). The number of carbonyl (C=O) groups is 1. The van der Waals surface area contributed by atoms with Gasteiger partial charge in [-0.25, -0.2) is 0 Å². The van der Waals surface area contributed by atoms with Crippen molar-refractivity contribution in [2.45, 2.75) is 37.8 Å². The van der Waals surface area contributed by atoms with E-state index in [-0.39, 0.29) is 12.0 Å². The van der Waals surface area contributed by atoms with Gasteiger partial charge in [0.25, 0.3) is 5.91 Å². The average Bonchev–Trinajstić information content (AvgIpc) is 3.10. The van der Waals surface area contributed by atoms with E-state index in [1.54, 1.807) is 10.7 Å². The fraction of sp³-hybridized carbons (Fsp3) is 0.588. The molecule has 7 nitrogen and oxygen atoms in total. The summed E-state index contributed by atoms with van der Waals surface area (Å²) in [4.78, 5) is 17.2. The van der Waals surface area contributed by atoms with Gasteiger partial charge in [0.2, 0.25) is 0 Å². The van der Waals surface area contributed by atoms with Crippen LogP contribution in [0.25, 0.3) is 5.65 Å². The van der Waals surface area contributed by atoms with Crippen molar-refractivity contribution < 1.29 is 9.90 Å². The molecular weight excluding hydrogens is 306 g/mol. The van der Waals surface area contributed by atoms with Crippen LogP contribution in [0.2, 0.25) is 0 Å². The van der Waals surface area contributed by atoms with Crippen molar-refractivity contribution in [1.29, 1.82) is 0 Å². The Kier molecular flexibility index (Phi) is 4.20. The van der Waals surface area contributed by atoms with Crippen LogP contribution in [-0.4, -0.2) is 73.7 Å². The summed E-state index contributed by atoms with van der Waals surface area (Å²) in [7, 11) is 0. The molecule has 0 bridgehead atoms. The van der Waals surface area contributed by atoms with Gasteiger partial charge in [0, 0.05) is 31.9 Å². The monoisotopic (exact) mass is 329 g/mol. The third-order valence-corrected chi connectivity index (χ3v) is 5.25. The van der Waals surface area contributed by atoms with Gasteiger partial charge in [0.1, 0.15) is 6.33 Å². The Balaban J connectivity index is 1.42. The lowest BCUT2D eigenvalue weighted by atomic mass is 9.98. The van der Waals surface area contributed by atoms with Gasteiger partial charge in [0.05, 0.1) is 11.7 Å². The number of rotatable bonds is 2. The number of hydrogen-bond donors (Lipinski definition) is 1. The standard InChI is InChI=1S/C17H23N5O2/c23-14-3-1-7-21(11-14)13-5-9-20(10-6-13)17(24)15-4-2-8-22-12-18-19-16(15)22/h2,4,8,12-14,23H,1,3,5-7,9-11H2. The van der Waals surface area contributed by atoms with E-state index in [1.165, 1.54) is 0 Å². The summed E-state index contributed by atoms with van der Waals surface area (Å²) in [6, 6.07) is 4.15. The number of aliphatic hydroxyl groups is 1. The number of aromatic nitrogens is 3. The van der Waals surface area contributed by atoms with Crippen molar-refractivity contribution in [2.24, 2.45) is 0 Å². The van der Waals surface area contributed by atoms with Gasteiger partial charge in [-0.2, -0.15) is 0 Å². The first-order chi connectivity index (χ1) is 11.7. The predicted octanol–water partition coefficient (Wildman–Crippen LogP) is 0.791. The van der Waals surface area contributed by atoms with E-state index in [0.29, 0.717) is 17.3 Å². The highest BCUT2D eigenvalue weighted by Gasteiger charge is 2.30. The third-order valence-electron chi connectivity index (χ3n) is 5.25. The maximum Gasteiger partial charge on any atom is 0.257 e. The van der Waals surface area contributed by atoms with Gasteiger partial charge in [-0.05, 0) is 44.4 Å². The van der Waals surface area contributed by atoms with Crippen molar-refractivity contribution in [2.75, 3.05) is 26.2 Å². The van der Waals surface area contributed by atoms with E-state index in [9.17, 15) is 9.90 Å². The molecule has 2 aliphatic rings. The van der Waals surface area contributed by atoms with Crippen LogP contribution in [0, 0.1) is 0 Å². The average molecular weight is 329 g/mol. The summed E-state index contributed by atoms with van der Waals surface area (Å²) >= 11 is 0. The van der Waals surface area contributed by atoms with Gasteiger partial charge in [-0.3, -0.25) is 14.1 Å². The quantitative estimate of drug-likeness (QED) is 0.882. The first kappa shape index (κ1) is 15.5. The van der Waals surface area contributed by atoms with E-state index >= 15 is 0 Å². The number of likely N-dealkylation sites (tertiary alicyclic amines) is 2. The van der Waals surface area contributed by atoms with Crippen LogP contribution in [0.15, 0.2) is 24.7 Å². The molecule has 0 radical (unpaired) electrons. The molecule has 0 saturated carbocycles. The fourth-order valence-electron chi connectivity index (χ4n) is 3.94. The van der Waals surface area contributed by atoms with E-state index in [2.05, 4.69) is 15.1 Å². The van der Waals surface area contributed by atoms with Crippen LogP contribution in [0.4, 0.5) is 0 Å². The number of aliphatic hydroxyl groups excluding tert-OH is 1. The molecule has 24 heavy (non-hydrogen) atoms. The fourth-order valence-corrected chi connectivity index (χ4v) is 3.94. The Morgan fingerprint density at radius 1 is 1.21 bits per heavy atom. The molecule has 128 valence electrons. The third kappa shape index (κ3) is 2.89. The molecule has 2 aliphatic heterocycles. The Morgan fingerprint density at radius 3 is 2.83 bits per heavy atom. The maximum atomic E-state index is 12.8. The molecule has 0 spiro atoms. The maximum absolute atomic E-state index is 12.8. The number of β-amino-alcohol motifs (C(OH)–C–C–N with tert-alkyl or cyclic N) is 1. The summed E-state index contributed by atoms with van der Waals surface area (Å²) in [5.41, 5.74) is 1.23. The Bertz CT molecular complexity index is 723. The van der Waals surface area contributed by atoms with Crippen molar-refractivity contribution >= 4 is 11.6 Å². The van der Waals surface area contributed by atoms with Gasteiger partial charge < -0.3 is 10.0 Å². The molecule has 1 unspecified atom stereocenters. The molecule has 0 aliphatic carbocycles. The number of pyridine rings is 1. The minimum atomic E-state index is -0.191. The van der Waals surface area contributed by atoms with Gasteiger partial charge >= 0.3 is 0 Å². The molecule has 2 aromatic rings. The second-order valence-electron chi connectivity index (χ2n) is 6.80. The van der Waals surface area contributed by atoms with Crippen LogP contribution in [0.1, 0.15) is 36.0 Å². The molecule has 1 N–H and O–H groups in total. The van der Waals surface area contributed by atoms with Gasteiger partial charge in [0.15, 0.2) is 5.65 Å². The number of carbonyl (C=O) groups excluding carboxylic acids is 1. The Morgan fingerprint density at radius 2 is 2.04 bits per heavy atom. The number of fused-ring (bicyclic) bond motifs is 1. The zero-order valence-corrected chi connectivity index (χ0v) is 13.7. The largest absolute Gasteiger partial charge is 0.392 e. The van der Waals surface area contributed by atoms with Crippen molar-refractivity contribution in [3.63, 3.8) is 0 Å². The lowest BCUT2D eigenvalue weighted by molar-refractivity contribution is 0.0241. The first-order valence-electron chi connectivity index (χ1n) is 8.72. The predicted molar refractivity (Wildman–Crippen MR) is 88.7 cm³/mol. The summed E-state index contributed by atoms with van der Waals surface area (Å²) in [6.45, 7) is 3.35. The molecule has 2 fully saturated rings. The van der Waals surface area contributed by atoms with Gasteiger partial charge in [-0.15, -0.1) is 10.2 Å². The minimum Gasteiger partial charge on any atom is -0.392 e. The molecule has 0 aromatic carbocycles. The van der Waals surface area contributed by atoms with E-state index in [1.807, 2.05) is 23.2 Å². The first-order valence-corrected chi connectivity index (χ1v) is 8.72. The zero-order chi connectivity index (χ0) is 16.5. The van der Waals surface area contributed by atoms with Crippen LogP contribution >= 0.6 is 0 Å². The topological polar surface area (TPSA) is 74.0 Å².